The number of primary amides is 2. The molecule has 6 atom stereocenters. The molecule has 3 aliphatic rings. The van der Waals surface area contributed by atoms with Crippen molar-refractivity contribution in [3.63, 3.8) is 0 Å². The maximum absolute atomic E-state index is 14.1. The van der Waals surface area contributed by atoms with Crippen LogP contribution in [0, 0.1) is 11.8 Å². The number of alkyl carbamates (subject to hydrolysis) is 2. The highest BCUT2D eigenvalue weighted by atomic mass is 16.5. The largest absolute Gasteiger partial charge is 0.453 e. The van der Waals surface area contributed by atoms with E-state index in [0.29, 0.717) is 49.9 Å². The summed E-state index contributed by atoms with van der Waals surface area (Å²) in [7, 11) is 2.47. The van der Waals surface area contributed by atoms with Gasteiger partial charge in [-0.25, -0.2) is 9.59 Å². The van der Waals surface area contributed by atoms with Crippen molar-refractivity contribution in [1.82, 2.24) is 20.4 Å². The Morgan fingerprint density at radius 3 is 1.31 bits per heavy atom. The highest BCUT2D eigenvalue weighted by Crippen LogP contribution is 2.49. The lowest BCUT2D eigenvalue weighted by molar-refractivity contribution is -0.146. The molecule has 0 bridgehead atoms. The molecule has 3 fully saturated rings. The van der Waals surface area contributed by atoms with E-state index in [1.807, 2.05) is 94.4 Å². The second kappa shape index (κ2) is 18.2. The van der Waals surface area contributed by atoms with Crippen molar-refractivity contribution >= 4 is 41.5 Å². The molecular formula is C46H59N7O8. The van der Waals surface area contributed by atoms with Crippen LogP contribution in [0.3, 0.4) is 0 Å². The molecule has 0 spiro atoms. The number of nitrogens with two attached hydrogens (primary N) is 2. The number of anilines is 1. The number of carbonyl (C=O) groups excluding carboxylic acids is 6. The zero-order valence-corrected chi connectivity index (χ0v) is 35.9. The standard InChI is InChI=1S/C46H59N7O8/c1-28(2)37(49-43(58)60-5)39(54)51-26-10-24-45(51,41(47)56)32-18-14-30(15-19-32)35-22-23-36(53(35)34-12-8-7-9-13-34)31-16-20-33(21-17-31)46(42(48)57)25-11-27-52(46)40(55)38(29(3)4)50-44(59)61-6/h7-9,12-21,28-29,35-38H,10-11,22-27H2,1-6H3,(H2,47,56)(H2,48,57)(H,49,58)(H,50,59)/t35-,36-,37+,38+,45+,46+/m1/s1. The monoisotopic (exact) mass is 837 g/mol. The van der Waals surface area contributed by atoms with Crippen molar-refractivity contribution in [3.8, 4) is 0 Å². The minimum atomic E-state index is -1.39. The number of likely N-dealkylation sites (tertiary alicyclic amines) is 2. The summed E-state index contributed by atoms with van der Waals surface area (Å²) in [6.07, 6.45) is 1.95. The third-order valence-electron chi connectivity index (χ3n) is 12.9. The Bertz CT molecular complexity index is 1970. The molecule has 61 heavy (non-hydrogen) atoms. The Kier molecular flexibility index (Phi) is 13.3. The van der Waals surface area contributed by atoms with Gasteiger partial charge in [0.25, 0.3) is 0 Å². The summed E-state index contributed by atoms with van der Waals surface area (Å²) < 4.78 is 9.57. The number of methoxy groups -OCH3 is 2. The maximum atomic E-state index is 14.1. The van der Waals surface area contributed by atoms with Gasteiger partial charge < -0.3 is 46.3 Å². The molecule has 6 amide bonds. The Balaban J connectivity index is 1.30. The van der Waals surface area contributed by atoms with Gasteiger partial charge >= 0.3 is 12.2 Å². The molecule has 0 aliphatic carbocycles. The molecule has 0 aromatic heterocycles. The van der Waals surface area contributed by atoms with Crippen molar-refractivity contribution in [2.75, 3.05) is 32.2 Å². The number of hydrogen-bond acceptors (Lipinski definition) is 9. The molecular weight excluding hydrogens is 779 g/mol. The molecule has 0 radical (unpaired) electrons. The van der Waals surface area contributed by atoms with Crippen LogP contribution in [0.1, 0.15) is 101 Å². The topological polar surface area (TPSA) is 207 Å². The summed E-state index contributed by atoms with van der Waals surface area (Å²) in [6, 6.07) is 23.7. The minimum absolute atomic E-state index is 0.0586. The van der Waals surface area contributed by atoms with Gasteiger partial charge in [-0.05, 0) is 84.7 Å². The second-order valence-corrected chi connectivity index (χ2v) is 16.9. The number of amides is 6. The number of hydrogen-bond donors (Lipinski definition) is 4. The second-order valence-electron chi connectivity index (χ2n) is 16.9. The highest BCUT2D eigenvalue weighted by Gasteiger charge is 2.53. The van der Waals surface area contributed by atoms with E-state index < -0.39 is 59.0 Å². The average molecular weight is 838 g/mol. The lowest BCUT2D eigenvalue weighted by Gasteiger charge is -2.39. The van der Waals surface area contributed by atoms with E-state index in [4.69, 9.17) is 20.9 Å². The third-order valence-corrected chi connectivity index (χ3v) is 12.9. The number of para-hydroxylation sites is 1. The zero-order valence-electron chi connectivity index (χ0n) is 35.9. The maximum Gasteiger partial charge on any atom is 0.407 e. The van der Waals surface area contributed by atoms with Crippen LogP contribution in [0.25, 0.3) is 0 Å². The molecule has 326 valence electrons. The van der Waals surface area contributed by atoms with Gasteiger partial charge in [-0.2, -0.15) is 0 Å². The fourth-order valence-corrected chi connectivity index (χ4v) is 9.75. The van der Waals surface area contributed by atoms with Crippen molar-refractivity contribution in [2.24, 2.45) is 23.3 Å². The summed E-state index contributed by atoms with van der Waals surface area (Å²) in [5.41, 5.74) is 13.8. The molecule has 3 aliphatic heterocycles. The normalized spacial score (nSPS) is 23.4. The predicted octanol–water partition coefficient (Wildman–Crippen LogP) is 5.14. The molecule has 0 saturated carbocycles. The van der Waals surface area contributed by atoms with Gasteiger partial charge in [0.05, 0.1) is 26.3 Å². The van der Waals surface area contributed by atoms with Crippen molar-refractivity contribution in [1.29, 1.82) is 0 Å². The molecule has 15 nitrogen and oxygen atoms in total. The Labute approximate surface area is 357 Å². The number of ether oxygens (including phenoxy) is 2. The van der Waals surface area contributed by atoms with E-state index in [0.717, 1.165) is 29.7 Å². The lowest BCUT2D eigenvalue weighted by atomic mass is 9.84. The molecule has 6 rings (SSSR count). The quantitative estimate of drug-likeness (QED) is 0.180. The van der Waals surface area contributed by atoms with Gasteiger partial charge in [0.15, 0.2) is 0 Å². The van der Waals surface area contributed by atoms with E-state index in [-0.39, 0.29) is 23.9 Å². The molecule has 3 heterocycles. The number of nitrogens with one attached hydrogen (secondary N) is 2. The van der Waals surface area contributed by atoms with Crippen LogP contribution in [-0.2, 0) is 39.7 Å². The number of benzene rings is 3. The van der Waals surface area contributed by atoms with Crippen LogP contribution in [-0.4, -0.2) is 85.0 Å². The van der Waals surface area contributed by atoms with Crippen LogP contribution in [0.5, 0.6) is 0 Å². The molecule has 0 unspecified atom stereocenters. The van der Waals surface area contributed by atoms with E-state index in [1.165, 1.54) is 24.0 Å². The summed E-state index contributed by atoms with van der Waals surface area (Å²) in [6.45, 7) is 7.88. The number of carbonyl (C=O) groups is 6. The van der Waals surface area contributed by atoms with Crippen LogP contribution < -0.4 is 27.0 Å². The van der Waals surface area contributed by atoms with Gasteiger partial charge in [0, 0.05) is 18.8 Å². The molecule has 3 aromatic carbocycles. The van der Waals surface area contributed by atoms with E-state index in [1.54, 1.807) is 0 Å². The fraction of sp³-hybridized carbons (Fsp3) is 0.478. The van der Waals surface area contributed by atoms with Crippen LogP contribution in [0.15, 0.2) is 78.9 Å². The van der Waals surface area contributed by atoms with Crippen LogP contribution in [0.2, 0.25) is 0 Å². The van der Waals surface area contributed by atoms with E-state index in [9.17, 15) is 28.8 Å². The minimum Gasteiger partial charge on any atom is -0.453 e. The van der Waals surface area contributed by atoms with E-state index in [2.05, 4.69) is 27.7 Å². The van der Waals surface area contributed by atoms with Crippen molar-refractivity contribution in [2.45, 2.75) is 101 Å². The molecule has 3 aromatic rings. The Morgan fingerprint density at radius 2 is 0.984 bits per heavy atom. The predicted molar refractivity (Wildman–Crippen MR) is 228 cm³/mol. The van der Waals surface area contributed by atoms with Crippen molar-refractivity contribution in [3.05, 3.63) is 101 Å². The lowest BCUT2D eigenvalue weighted by Crippen LogP contribution is -2.59. The molecule has 3 saturated heterocycles. The summed E-state index contributed by atoms with van der Waals surface area (Å²) in [4.78, 5) is 84.8. The number of rotatable bonds is 13. The van der Waals surface area contributed by atoms with E-state index >= 15 is 0 Å². The SMILES string of the molecule is COC(=O)N[C@H](C(=O)N1CCC[C@@]1(C(N)=O)c1ccc([C@H]2CC[C@H](c3ccc([C@]4(C(N)=O)CCCN4C(=O)[C@@H](NC(=O)OC)C(C)C)cc3)N2c2ccccc2)cc1)C(C)C. The third kappa shape index (κ3) is 8.21. The first kappa shape index (κ1) is 44.4. The summed E-state index contributed by atoms with van der Waals surface area (Å²) in [5.74, 6) is -2.62. The zero-order chi connectivity index (χ0) is 44.2. The first-order chi connectivity index (χ1) is 29.1. The van der Waals surface area contributed by atoms with Crippen molar-refractivity contribution < 1.29 is 38.2 Å². The Hall–Kier alpha value is -6.12. The van der Waals surface area contributed by atoms with Gasteiger partial charge in [-0.3, -0.25) is 19.2 Å². The van der Waals surface area contributed by atoms with Gasteiger partial charge in [-0.1, -0.05) is 94.4 Å². The smallest absolute Gasteiger partial charge is 0.407 e. The van der Waals surface area contributed by atoms with Crippen LogP contribution >= 0.6 is 0 Å². The van der Waals surface area contributed by atoms with Gasteiger partial charge in [-0.15, -0.1) is 0 Å². The Morgan fingerprint density at radius 1 is 0.607 bits per heavy atom. The first-order valence-electron chi connectivity index (χ1n) is 21.1. The number of nitrogens with zero attached hydrogens (tertiary/aromatic N) is 3. The van der Waals surface area contributed by atoms with Gasteiger partial charge in [0.1, 0.15) is 23.2 Å². The average Bonchev–Trinajstić information content (AvgIpc) is 4.03. The molecule has 15 heteroatoms. The first-order valence-corrected chi connectivity index (χ1v) is 21.1. The summed E-state index contributed by atoms with van der Waals surface area (Å²) >= 11 is 0. The highest BCUT2D eigenvalue weighted by molar-refractivity contribution is 5.96. The van der Waals surface area contributed by atoms with Gasteiger partial charge in [0.2, 0.25) is 23.6 Å². The fourth-order valence-electron chi connectivity index (χ4n) is 9.75. The summed E-state index contributed by atoms with van der Waals surface area (Å²) in [5, 5.41) is 5.28. The molecule has 6 N–H and O–H groups in total. The van der Waals surface area contributed by atoms with Crippen LogP contribution in [0.4, 0.5) is 15.3 Å².